The topological polar surface area (TPSA) is 61.9 Å². The van der Waals surface area contributed by atoms with E-state index in [4.69, 9.17) is 4.74 Å². The second-order valence-electron chi connectivity index (χ2n) is 8.51. The molecule has 0 bridgehead atoms. The van der Waals surface area contributed by atoms with Crippen molar-refractivity contribution in [2.75, 3.05) is 42.3 Å². The van der Waals surface area contributed by atoms with Gasteiger partial charge in [-0.3, -0.25) is 9.03 Å². The van der Waals surface area contributed by atoms with E-state index in [9.17, 15) is 17.2 Å². The molecule has 3 rings (SSSR count). The molecule has 9 heteroatoms. The van der Waals surface area contributed by atoms with Gasteiger partial charge in [0.2, 0.25) is 0 Å². The lowest BCUT2D eigenvalue weighted by Crippen LogP contribution is -2.39. The molecule has 1 aliphatic heterocycles. The van der Waals surface area contributed by atoms with Crippen molar-refractivity contribution in [3.63, 3.8) is 0 Å². The van der Waals surface area contributed by atoms with Gasteiger partial charge < -0.3 is 9.64 Å². The fraction of sp³-hybridized carbons (Fsp3) is 0.440. The molecule has 1 aliphatic rings. The highest BCUT2D eigenvalue weighted by atomic mass is 32.2. The summed E-state index contributed by atoms with van der Waals surface area (Å²) in [5.41, 5.74) is 0.949. The molecule has 0 saturated heterocycles. The van der Waals surface area contributed by atoms with Crippen LogP contribution in [0.1, 0.15) is 37.7 Å². The molecule has 0 saturated carbocycles. The summed E-state index contributed by atoms with van der Waals surface area (Å²) >= 11 is 0. The largest absolute Gasteiger partial charge is 0.494 e. The Kier molecular flexibility index (Phi) is 9.29. The summed E-state index contributed by atoms with van der Waals surface area (Å²) in [7, 11) is -2.03. The highest BCUT2D eigenvalue weighted by Crippen LogP contribution is 2.33. The van der Waals surface area contributed by atoms with Crippen molar-refractivity contribution >= 4 is 21.6 Å². The Morgan fingerprint density at radius 1 is 1.15 bits per heavy atom. The van der Waals surface area contributed by atoms with E-state index < -0.39 is 27.5 Å². The van der Waals surface area contributed by atoms with Gasteiger partial charge in [0.25, 0.3) is 0 Å². The van der Waals surface area contributed by atoms with Gasteiger partial charge in [0.15, 0.2) is 0 Å². The maximum Gasteiger partial charge on any atom is 0.324 e. The van der Waals surface area contributed by atoms with E-state index in [0.717, 1.165) is 62.5 Å². The third-order valence-corrected chi connectivity index (χ3v) is 7.17. The molecule has 0 aliphatic carbocycles. The molecule has 6 nitrogen and oxygen atoms in total. The summed E-state index contributed by atoms with van der Waals surface area (Å²) in [5, 5.41) is 0. The second kappa shape index (κ2) is 12.2. The van der Waals surface area contributed by atoms with Crippen molar-refractivity contribution < 1.29 is 21.9 Å². The number of unbranched alkanes of at least 4 members (excludes halogenated alkanes) is 3. The highest BCUT2D eigenvalue weighted by molar-refractivity contribution is 7.94. The minimum atomic E-state index is -4.11. The predicted octanol–water partition coefficient (Wildman–Crippen LogP) is 5.13. The van der Waals surface area contributed by atoms with E-state index in [2.05, 4.69) is 23.2 Å². The van der Waals surface area contributed by atoms with Crippen molar-refractivity contribution in [3.05, 3.63) is 66.3 Å². The van der Waals surface area contributed by atoms with Crippen molar-refractivity contribution in [1.29, 1.82) is 0 Å². The van der Waals surface area contributed by atoms with E-state index in [-0.39, 0.29) is 6.54 Å². The van der Waals surface area contributed by atoms with Gasteiger partial charge in [-0.1, -0.05) is 18.9 Å². The van der Waals surface area contributed by atoms with Crippen LogP contribution in [0.15, 0.2) is 49.1 Å². The molecule has 0 unspecified atom stereocenters. The molecule has 0 atom stereocenters. The van der Waals surface area contributed by atoms with Crippen LogP contribution in [0.4, 0.5) is 20.2 Å². The minimum Gasteiger partial charge on any atom is -0.494 e. The molecule has 186 valence electrons. The van der Waals surface area contributed by atoms with Gasteiger partial charge >= 0.3 is 10.2 Å². The van der Waals surface area contributed by atoms with E-state index in [1.54, 1.807) is 12.1 Å². The summed E-state index contributed by atoms with van der Waals surface area (Å²) in [6.45, 7) is 6.55. The Morgan fingerprint density at radius 2 is 1.94 bits per heavy atom. The first kappa shape index (κ1) is 26.0. The SMILES string of the molecule is C=CCN(C)CCCCCCOc1ccc2c(c1)CCCN2S(=O)(=O)Nc1cc(F)ccc1F. The molecule has 0 fully saturated rings. The molecule has 2 aromatic carbocycles. The van der Waals surface area contributed by atoms with Gasteiger partial charge in [0, 0.05) is 19.2 Å². The molecule has 34 heavy (non-hydrogen) atoms. The number of likely N-dealkylation sites (N-methyl/N-ethyl adjacent to an activating group) is 1. The average Bonchev–Trinajstić information content (AvgIpc) is 2.80. The Bertz CT molecular complexity index is 1080. The van der Waals surface area contributed by atoms with Crippen LogP contribution in [0, 0.1) is 11.6 Å². The molecule has 0 aromatic heterocycles. The van der Waals surface area contributed by atoms with E-state index in [1.165, 1.54) is 4.31 Å². The zero-order valence-electron chi connectivity index (χ0n) is 19.6. The molecule has 0 spiro atoms. The van der Waals surface area contributed by atoms with Gasteiger partial charge in [-0.2, -0.15) is 8.42 Å². The number of anilines is 2. The van der Waals surface area contributed by atoms with E-state index in [0.29, 0.717) is 30.9 Å². The van der Waals surface area contributed by atoms with E-state index in [1.807, 2.05) is 12.1 Å². The third kappa shape index (κ3) is 7.17. The quantitative estimate of drug-likeness (QED) is 0.310. The number of aryl methyl sites for hydroxylation is 1. The molecule has 2 aromatic rings. The molecular weight excluding hydrogens is 460 g/mol. The zero-order chi connectivity index (χ0) is 24.6. The van der Waals surface area contributed by atoms with E-state index >= 15 is 0 Å². The van der Waals surface area contributed by atoms with Gasteiger partial charge in [-0.25, -0.2) is 8.78 Å². The maximum absolute atomic E-state index is 14.0. The summed E-state index contributed by atoms with van der Waals surface area (Å²) in [6, 6.07) is 7.98. The lowest BCUT2D eigenvalue weighted by Gasteiger charge is -2.31. The fourth-order valence-electron chi connectivity index (χ4n) is 3.99. The number of ether oxygens (including phenoxy) is 1. The van der Waals surface area contributed by atoms with Crippen molar-refractivity contribution in [3.8, 4) is 5.75 Å². The first-order valence-corrected chi connectivity index (χ1v) is 13.0. The highest BCUT2D eigenvalue weighted by Gasteiger charge is 2.28. The number of hydrogen-bond donors (Lipinski definition) is 1. The number of hydrogen-bond acceptors (Lipinski definition) is 4. The normalized spacial score (nSPS) is 13.6. The fourth-order valence-corrected chi connectivity index (χ4v) is 5.34. The van der Waals surface area contributed by atoms with Crippen LogP contribution in [0.2, 0.25) is 0 Å². The Balaban J connectivity index is 1.54. The van der Waals surface area contributed by atoms with Crippen LogP contribution >= 0.6 is 0 Å². The third-order valence-electron chi connectivity index (χ3n) is 5.73. The zero-order valence-corrected chi connectivity index (χ0v) is 20.4. The number of fused-ring (bicyclic) bond motifs is 1. The van der Waals surface area contributed by atoms with Gasteiger partial charge in [-0.15, -0.1) is 6.58 Å². The van der Waals surface area contributed by atoms with Crippen molar-refractivity contribution in [1.82, 2.24) is 4.90 Å². The standard InChI is InChI=1S/C25H33F2N3O3S/c1-3-14-29(2)15-6-4-5-7-17-33-22-11-13-25-20(18-22)9-8-16-30(25)34(31,32)28-24-19-21(26)10-12-23(24)27/h3,10-13,18-19,28H,1,4-9,14-17H2,2H3. The number of nitrogens with zero attached hydrogens (tertiary/aromatic N) is 2. The smallest absolute Gasteiger partial charge is 0.324 e. The first-order chi connectivity index (χ1) is 16.3. The molecule has 0 amide bonds. The van der Waals surface area contributed by atoms with Crippen LogP contribution in [-0.4, -0.2) is 46.6 Å². The van der Waals surface area contributed by atoms with Gasteiger partial charge in [0.1, 0.15) is 17.4 Å². The van der Waals surface area contributed by atoms with Crippen LogP contribution in [0.25, 0.3) is 0 Å². The van der Waals surface area contributed by atoms with Crippen LogP contribution in [0.5, 0.6) is 5.75 Å². The Hall–Kier alpha value is -2.65. The van der Waals surface area contributed by atoms with Gasteiger partial charge in [0.05, 0.1) is 18.0 Å². The summed E-state index contributed by atoms with van der Waals surface area (Å²) < 4.78 is 62.5. The predicted molar refractivity (Wildman–Crippen MR) is 133 cm³/mol. The van der Waals surface area contributed by atoms with Crippen LogP contribution in [0.3, 0.4) is 0 Å². The summed E-state index contributed by atoms with van der Waals surface area (Å²) in [5.74, 6) is -0.859. The lowest BCUT2D eigenvalue weighted by atomic mass is 10.0. The number of halogens is 2. The Labute approximate surface area is 201 Å². The molecule has 1 N–H and O–H groups in total. The second-order valence-corrected chi connectivity index (χ2v) is 10.1. The van der Waals surface area contributed by atoms with Crippen LogP contribution < -0.4 is 13.8 Å². The number of nitrogens with one attached hydrogen (secondary N) is 1. The summed E-state index contributed by atoms with van der Waals surface area (Å²) in [4.78, 5) is 2.24. The number of rotatable bonds is 13. The first-order valence-electron chi connectivity index (χ1n) is 11.6. The minimum absolute atomic E-state index is 0.251. The summed E-state index contributed by atoms with van der Waals surface area (Å²) in [6.07, 6.45) is 7.55. The van der Waals surface area contributed by atoms with Crippen molar-refractivity contribution in [2.24, 2.45) is 0 Å². The van der Waals surface area contributed by atoms with Crippen LogP contribution in [-0.2, 0) is 16.6 Å². The van der Waals surface area contributed by atoms with Crippen molar-refractivity contribution in [2.45, 2.75) is 38.5 Å². The Morgan fingerprint density at radius 3 is 2.74 bits per heavy atom. The maximum atomic E-state index is 14.0. The molecule has 0 radical (unpaired) electrons. The lowest BCUT2D eigenvalue weighted by molar-refractivity contribution is 0.300. The number of benzene rings is 2. The molecule has 1 heterocycles. The molecular formula is C25H33F2N3O3S. The average molecular weight is 494 g/mol. The monoisotopic (exact) mass is 493 g/mol. The van der Waals surface area contributed by atoms with Gasteiger partial charge in [-0.05, 0) is 75.2 Å².